The molecule has 11 heavy (non-hydrogen) atoms. The van der Waals surface area contributed by atoms with Crippen molar-refractivity contribution in [1.82, 2.24) is 0 Å². The first-order valence-electron chi connectivity index (χ1n) is 4.65. The third kappa shape index (κ3) is 0.574. The van der Waals surface area contributed by atoms with Gasteiger partial charge in [0.2, 0.25) is 0 Å². The maximum atomic E-state index is 9.58. The molecule has 3 fully saturated rings. The van der Waals surface area contributed by atoms with E-state index >= 15 is 0 Å². The van der Waals surface area contributed by atoms with E-state index < -0.39 is 0 Å². The lowest BCUT2D eigenvalue weighted by molar-refractivity contribution is -0.136. The van der Waals surface area contributed by atoms with Gasteiger partial charge in [-0.3, -0.25) is 0 Å². The van der Waals surface area contributed by atoms with Crippen molar-refractivity contribution in [3.05, 3.63) is 0 Å². The minimum Gasteiger partial charge on any atom is -0.393 e. The van der Waals surface area contributed by atoms with Crippen molar-refractivity contribution in [3.63, 3.8) is 0 Å². The van der Waals surface area contributed by atoms with Crippen LogP contribution in [-0.2, 0) is 4.74 Å². The van der Waals surface area contributed by atoms with E-state index in [0.29, 0.717) is 5.92 Å². The van der Waals surface area contributed by atoms with Crippen LogP contribution in [0.3, 0.4) is 0 Å². The van der Waals surface area contributed by atoms with Crippen LogP contribution in [0.2, 0.25) is 0 Å². The molecule has 1 aliphatic heterocycles. The van der Waals surface area contributed by atoms with E-state index in [1.165, 1.54) is 12.8 Å². The molecule has 1 spiro atoms. The van der Waals surface area contributed by atoms with Crippen molar-refractivity contribution in [3.8, 4) is 0 Å². The maximum Gasteiger partial charge on any atom is 0.0765 e. The molecule has 62 valence electrons. The number of rotatable bonds is 0. The number of hydrogen-bond acceptors (Lipinski definition) is 2. The van der Waals surface area contributed by atoms with Crippen molar-refractivity contribution in [1.29, 1.82) is 0 Å². The number of aliphatic hydroxyl groups excluding tert-OH is 1. The van der Waals surface area contributed by atoms with Crippen molar-refractivity contribution in [2.75, 3.05) is 6.61 Å². The highest BCUT2D eigenvalue weighted by molar-refractivity contribution is 5.13. The molecule has 0 bridgehead atoms. The highest BCUT2D eigenvalue weighted by Crippen LogP contribution is 2.60. The molecule has 3 aliphatic rings. The molecule has 0 aromatic rings. The summed E-state index contributed by atoms with van der Waals surface area (Å²) in [6.45, 7) is 0.938. The molecular weight excluding hydrogens is 140 g/mol. The zero-order valence-electron chi connectivity index (χ0n) is 6.62. The van der Waals surface area contributed by atoms with Gasteiger partial charge in [-0.25, -0.2) is 0 Å². The fraction of sp³-hybridized carbons (Fsp3) is 1.00. The van der Waals surface area contributed by atoms with Crippen molar-refractivity contribution >= 4 is 0 Å². The van der Waals surface area contributed by atoms with Crippen molar-refractivity contribution in [2.45, 2.75) is 37.4 Å². The zero-order valence-corrected chi connectivity index (χ0v) is 6.62. The van der Waals surface area contributed by atoms with Gasteiger partial charge in [-0.05, 0) is 31.6 Å². The summed E-state index contributed by atoms with van der Waals surface area (Å²) in [4.78, 5) is 0. The standard InChI is InChI=1S/C9H14O2/c10-8-1-3-9-6(2-4-11-9)5-7(8)9/h6-8,10H,1-5H2/t6-,7+,8+,9-/m0/s1. The summed E-state index contributed by atoms with van der Waals surface area (Å²) in [6, 6.07) is 0. The summed E-state index contributed by atoms with van der Waals surface area (Å²) in [6.07, 6.45) is 4.50. The van der Waals surface area contributed by atoms with Gasteiger partial charge in [-0.1, -0.05) is 0 Å². The molecule has 0 radical (unpaired) electrons. The van der Waals surface area contributed by atoms with Crippen molar-refractivity contribution in [2.24, 2.45) is 11.8 Å². The van der Waals surface area contributed by atoms with E-state index in [0.717, 1.165) is 25.4 Å². The molecule has 1 saturated heterocycles. The topological polar surface area (TPSA) is 29.5 Å². The third-order valence-corrected chi connectivity index (χ3v) is 3.99. The number of hydrogen-bond donors (Lipinski definition) is 1. The Morgan fingerprint density at radius 1 is 1.36 bits per heavy atom. The summed E-state index contributed by atoms with van der Waals surface area (Å²) >= 11 is 0. The molecule has 0 unspecified atom stereocenters. The van der Waals surface area contributed by atoms with Gasteiger partial charge in [0.1, 0.15) is 0 Å². The SMILES string of the molecule is O[C@@H]1CC[C@]23OCC[C@H]2C[C@H]13. The second-order valence-electron chi connectivity index (χ2n) is 4.24. The van der Waals surface area contributed by atoms with Crippen LogP contribution in [0.1, 0.15) is 25.7 Å². The van der Waals surface area contributed by atoms with E-state index in [4.69, 9.17) is 4.74 Å². The second-order valence-corrected chi connectivity index (χ2v) is 4.24. The number of aliphatic hydroxyl groups is 1. The van der Waals surface area contributed by atoms with E-state index in [1.807, 2.05) is 0 Å². The fourth-order valence-electron chi connectivity index (χ4n) is 3.35. The van der Waals surface area contributed by atoms with Gasteiger partial charge >= 0.3 is 0 Å². The van der Waals surface area contributed by atoms with Gasteiger partial charge < -0.3 is 9.84 Å². The highest BCUT2D eigenvalue weighted by Gasteiger charge is 2.63. The molecule has 3 rings (SSSR count). The summed E-state index contributed by atoms with van der Waals surface area (Å²) in [7, 11) is 0. The van der Waals surface area contributed by atoms with Gasteiger partial charge in [-0.2, -0.15) is 0 Å². The Hall–Kier alpha value is -0.0800. The van der Waals surface area contributed by atoms with Gasteiger partial charge in [0, 0.05) is 12.5 Å². The molecule has 0 amide bonds. The highest BCUT2D eigenvalue weighted by atomic mass is 16.5. The van der Waals surface area contributed by atoms with Gasteiger partial charge in [0.15, 0.2) is 0 Å². The first-order valence-corrected chi connectivity index (χ1v) is 4.65. The van der Waals surface area contributed by atoms with E-state index in [2.05, 4.69) is 0 Å². The van der Waals surface area contributed by atoms with E-state index in [1.54, 1.807) is 0 Å². The smallest absolute Gasteiger partial charge is 0.0765 e. The van der Waals surface area contributed by atoms with Crippen LogP contribution in [0, 0.1) is 11.8 Å². The summed E-state index contributed by atoms with van der Waals surface area (Å²) in [5.74, 6) is 1.29. The van der Waals surface area contributed by atoms with Crippen LogP contribution in [0.5, 0.6) is 0 Å². The minimum atomic E-state index is -0.0515. The predicted molar refractivity (Wildman–Crippen MR) is 40.1 cm³/mol. The Balaban J connectivity index is 1.92. The van der Waals surface area contributed by atoms with E-state index in [-0.39, 0.29) is 11.7 Å². The lowest BCUT2D eigenvalue weighted by atomic mass is 9.62. The fourth-order valence-corrected chi connectivity index (χ4v) is 3.35. The molecule has 2 nitrogen and oxygen atoms in total. The Bertz CT molecular complexity index is 192. The molecule has 1 N–H and O–H groups in total. The van der Waals surface area contributed by atoms with Crippen LogP contribution < -0.4 is 0 Å². The van der Waals surface area contributed by atoms with Gasteiger partial charge in [-0.15, -0.1) is 0 Å². The maximum absolute atomic E-state index is 9.58. The second kappa shape index (κ2) is 1.80. The minimum absolute atomic E-state index is 0.0515. The monoisotopic (exact) mass is 154 g/mol. The van der Waals surface area contributed by atoms with Crippen molar-refractivity contribution < 1.29 is 9.84 Å². The predicted octanol–water partition coefficient (Wildman–Crippen LogP) is 0.936. The normalized spacial score (nSPS) is 60.3. The Morgan fingerprint density at radius 3 is 3.00 bits per heavy atom. The quantitative estimate of drug-likeness (QED) is 0.562. The molecule has 4 atom stereocenters. The summed E-state index contributed by atoms with van der Waals surface area (Å²) < 4.78 is 5.77. The summed E-state index contributed by atoms with van der Waals surface area (Å²) in [5.41, 5.74) is 0.166. The van der Waals surface area contributed by atoms with Crippen LogP contribution in [0.4, 0.5) is 0 Å². The Labute approximate surface area is 66.5 Å². The molecule has 2 aliphatic carbocycles. The van der Waals surface area contributed by atoms with Gasteiger partial charge in [0.05, 0.1) is 11.7 Å². The molecule has 1 heterocycles. The van der Waals surface area contributed by atoms with E-state index in [9.17, 15) is 5.11 Å². The lowest BCUT2D eigenvalue weighted by Crippen LogP contribution is -2.52. The van der Waals surface area contributed by atoms with Gasteiger partial charge in [0.25, 0.3) is 0 Å². The summed E-state index contributed by atoms with van der Waals surface area (Å²) in [5, 5.41) is 9.58. The first kappa shape index (κ1) is 6.44. The van der Waals surface area contributed by atoms with Crippen LogP contribution in [-0.4, -0.2) is 23.4 Å². The molecule has 2 heteroatoms. The van der Waals surface area contributed by atoms with Crippen LogP contribution in [0.25, 0.3) is 0 Å². The average molecular weight is 154 g/mol. The average Bonchev–Trinajstić information content (AvgIpc) is 2.39. The first-order chi connectivity index (χ1) is 5.33. The Kier molecular flexibility index (Phi) is 1.06. The van der Waals surface area contributed by atoms with Crippen LogP contribution >= 0.6 is 0 Å². The molecular formula is C9H14O2. The zero-order chi connectivity index (χ0) is 7.47. The number of ether oxygens (including phenoxy) is 1. The Morgan fingerprint density at radius 2 is 2.27 bits per heavy atom. The largest absolute Gasteiger partial charge is 0.393 e. The molecule has 0 aromatic carbocycles. The lowest BCUT2D eigenvalue weighted by Gasteiger charge is -2.47. The molecule has 2 saturated carbocycles. The van der Waals surface area contributed by atoms with Crippen LogP contribution in [0.15, 0.2) is 0 Å². The third-order valence-electron chi connectivity index (χ3n) is 3.99. The molecule has 0 aromatic heterocycles.